The first-order valence-corrected chi connectivity index (χ1v) is 6.41. The van der Waals surface area contributed by atoms with Crippen LogP contribution in [0.25, 0.3) is 0 Å². The molecule has 0 aromatic heterocycles. The van der Waals surface area contributed by atoms with E-state index in [1.807, 2.05) is 14.1 Å². The molecule has 0 spiro atoms. The van der Waals surface area contributed by atoms with Gasteiger partial charge in [-0.3, -0.25) is 0 Å². The highest BCUT2D eigenvalue weighted by atomic mass is 28.4. The summed E-state index contributed by atoms with van der Waals surface area (Å²) in [5, 5.41) is 0. The predicted molar refractivity (Wildman–Crippen MR) is 54.5 cm³/mol. The van der Waals surface area contributed by atoms with Gasteiger partial charge in [0.05, 0.1) is 0 Å². The summed E-state index contributed by atoms with van der Waals surface area (Å²) >= 11 is 0. The van der Waals surface area contributed by atoms with Crippen molar-refractivity contribution in [3.8, 4) is 0 Å². The molecule has 78 valence electrons. The third-order valence-electron chi connectivity index (χ3n) is 2.00. The first-order valence-electron chi connectivity index (χ1n) is 4.31. The summed E-state index contributed by atoms with van der Waals surface area (Å²) in [6, 6.07) is 0.724. The standard InChI is InChI=1S/C8H19NO3Si/c1-9(2)6-5-7-13(8-10,11-3)12-4/h8H,5-7H2,1-4H3. The number of hydrogen-bond acceptors (Lipinski definition) is 4. The van der Waals surface area contributed by atoms with E-state index in [-0.39, 0.29) is 0 Å². The van der Waals surface area contributed by atoms with E-state index in [1.165, 1.54) is 0 Å². The Morgan fingerprint density at radius 2 is 1.85 bits per heavy atom. The minimum absolute atomic E-state index is 0.724. The van der Waals surface area contributed by atoms with Gasteiger partial charge in [0.25, 0.3) is 0 Å². The van der Waals surface area contributed by atoms with Gasteiger partial charge in [0.1, 0.15) is 0 Å². The van der Waals surface area contributed by atoms with E-state index in [2.05, 4.69) is 4.90 Å². The molecule has 0 rings (SSSR count). The summed E-state index contributed by atoms with van der Waals surface area (Å²) in [4.78, 5) is 12.8. The summed E-state index contributed by atoms with van der Waals surface area (Å²) in [5.41, 5.74) is 0. The largest absolute Gasteiger partial charge is 0.405 e. The lowest BCUT2D eigenvalue weighted by molar-refractivity contribution is 0.255. The van der Waals surface area contributed by atoms with Crippen LogP contribution in [-0.2, 0) is 13.6 Å². The number of hydrogen-bond donors (Lipinski definition) is 0. The van der Waals surface area contributed by atoms with E-state index in [0.717, 1.165) is 24.9 Å². The van der Waals surface area contributed by atoms with Crippen LogP contribution in [0.2, 0.25) is 6.04 Å². The molecule has 0 aromatic rings. The van der Waals surface area contributed by atoms with Gasteiger partial charge < -0.3 is 18.5 Å². The quantitative estimate of drug-likeness (QED) is 0.447. The molecule has 0 amide bonds. The Hall–Kier alpha value is -0.233. The van der Waals surface area contributed by atoms with Gasteiger partial charge in [0, 0.05) is 14.2 Å². The maximum atomic E-state index is 10.8. The van der Waals surface area contributed by atoms with Crippen molar-refractivity contribution in [2.75, 3.05) is 34.9 Å². The Kier molecular flexibility index (Phi) is 6.14. The SMILES string of the molecule is CO[Si](C=O)(CCCN(C)C)OC. The Labute approximate surface area is 81.1 Å². The van der Waals surface area contributed by atoms with Crippen molar-refractivity contribution in [3.63, 3.8) is 0 Å². The molecule has 0 aromatic carbocycles. The molecule has 0 heterocycles. The highest BCUT2D eigenvalue weighted by Gasteiger charge is 2.34. The van der Waals surface area contributed by atoms with Crippen LogP contribution in [0.15, 0.2) is 0 Å². The number of carbonyl (C=O) groups excluding carboxylic acids is 1. The van der Waals surface area contributed by atoms with Crippen LogP contribution in [0.4, 0.5) is 0 Å². The fourth-order valence-electron chi connectivity index (χ4n) is 1.08. The van der Waals surface area contributed by atoms with E-state index in [9.17, 15) is 4.79 Å². The van der Waals surface area contributed by atoms with Crippen LogP contribution in [0, 0.1) is 0 Å². The van der Waals surface area contributed by atoms with Gasteiger partial charge >= 0.3 is 8.56 Å². The molecule has 0 saturated heterocycles. The van der Waals surface area contributed by atoms with Crippen LogP contribution in [-0.4, -0.2) is 54.2 Å². The number of rotatable bonds is 7. The molecule has 0 saturated carbocycles. The Bertz CT molecular complexity index is 148. The van der Waals surface area contributed by atoms with Crippen molar-refractivity contribution in [3.05, 3.63) is 0 Å². The topological polar surface area (TPSA) is 38.8 Å². The third kappa shape index (κ3) is 4.52. The van der Waals surface area contributed by atoms with Crippen molar-refractivity contribution < 1.29 is 13.6 Å². The van der Waals surface area contributed by atoms with Crippen LogP contribution in [0.5, 0.6) is 0 Å². The molecule has 0 N–H and O–H groups in total. The predicted octanol–water partition coefficient (Wildman–Crippen LogP) is 0.445. The van der Waals surface area contributed by atoms with Crippen LogP contribution in [0.3, 0.4) is 0 Å². The van der Waals surface area contributed by atoms with Gasteiger partial charge in [-0.05, 0) is 33.1 Å². The van der Waals surface area contributed by atoms with Crippen molar-refractivity contribution in [1.29, 1.82) is 0 Å². The van der Waals surface area contributed by atoms with Gasteiger partial charge in [0.15, 0.2) is 5.91 Å². The van der Waals surface area contributed by atoms with Gasteiger partial charge in [0.2, 0.25) is 0 Å². The van der Waals surface area contributed by atoms with E-state index in [0.29, 0.717) is 0 Å². The molecular weight excluding hydrogens is 186 g/mol. The van der Waals surface area contributed by atoms with Gasteiger partial charge in [-0.15, -0.1) is 0 Å². The smallest absolute Gasteiger partial charge is 0.393 e. The summed E-state index contributed by atoms with van der Waals surface area (Å²) in [6.07, 6.45) is 0.930. The second kappa shape index (κ2) is 6.26. The van der Waals surface area contributed by atoms with Crippen LogP contribution in [0.1, 0.15) is 6.42 Å². The Balaban J connectivity index is 3.88. The van der Waals surface area contributed by atoms with Crippen molar-refractivity contribution in [2.24, 2.45) is 0 Å². The molecule has 13 heavy (non-hydrogen) atoms. The van der Waals surface area contributed by atoms with E-state index >= 15 is 0 Å². The van der Waals surface area contributed by atoms with E-state index in [1.54, 1.807) is 14.2 Å². The molecule has 0 radical (unpaired) electrons. The van der Waals surface area contributed by atoms with Crippen molar-refractivity contribution >= 4 is 14.5 Å². The molecule has 4 nitrogen and oxygen atoms in total. The zero-order chi connectivity index (χ0) is 10.3. The van der Waals surface area contributed by atoms with Crippen molar-refractivity contribution in [1.82, 2.24) is 4.90 Å². The second-order valence-electron chi connectivity index (χ2n) is 3.24. The Morgan fingerprint density at radius 1 is 1.31 bits per heavy atom. The van der Waals surface area contributed by atoms with Gasteiger partial charge in [-0.2, -0.15) is 0 Å². The molecule has 0 aliphatic carbocycles. The summed E-state index contributed by atoms with van der Waals surface area (Å²) in [5.74, 6) is 0.850. The average Bonchev–Trinajstić information content (AvgIpc) is 2.13. The third-order valence-corrected chi connectivity index (χ3v) is 4.79. The zero-order valence-electron chi connectivity index (χ0n) is 8.87. The normalized spacial score (nSPS) is 12.1. The lowest BCUT2D eigenvalue weighted by Crippen LogP contribution is -2.42. The van der Waals surface area contributed by atoms with Gasteiger partial charge in [-0.1, -0.05) is 0 Å². The molecular formula is C8H19NO3Si. The van der Waals surface area contributed by atoms with Gasteiger partial charge in [-0.25, -0.2) is 0 Å². The van der Waals surface area contributed by atoms with Crippen LogP contribution < -0.4 is 0 Å². The minimum atomic E-state index is -2.49. The van der Waals surface area contributed by atoms with Crippen LogP contribution >= 0.6 is 0 Å². The molecule has 0 bridgehead atoms. The first kappa shape index (κ1) is 12.8. The summed E-state index contributed by atoms with van der Waals surface area (Å²) in [6.45, 7) is 0.954. The lowest BCUT2D eigenvalue weighted by Gasteiger charge is -2.21. The number of carbonyl (C=O) groups is 1. The van der Waals surface area contributed by atoms with Crippen molar-refractivity contribution in [2.45, 2.75) is 12.5 Å². The minimum Gasteiger partial charge on any atom is -0.393 e. The second-order valence-corrected chi connectivity index (χ2v) is 6.42. The fraction of sp³-hybridized carbons (Fsp3) is 0.875. The first-order chi connectivity index (χ1) is 6.10. The summed E-state index contributed by atoms with van der Waals surface area (Å²) in [7, 11) is 4.60. The molecule has 0 aliphatic rings. The van der Waals surface area contributed by atoms with E-state index in [4.69, 9.17) is 8.85 Å². The highest BCUT2D eigenvalue weighted by Crippen LogP contribution is 2.11. The fourth-order valence-corrected chi connectivity index (χ4v) is 2.62. The maximum Gasteiger partial charge on any atom is 0.405 e. The molecule has 0 unspecified atom stereocenters. The summed E-state index contributed by atoms with van der Waals surface area (Å²) < 4.78 is 10.3. The lowest BCUT2D eigenvalue weighted by atomic mass is 10.5. The molecule has 5 heteroatoms. The van der Waals surface area contributed by atoms with E-state index < -0.39 is 8.56 Å². The zero-order valence-corrected chi connectivity index (χ0v) is 9.87. The molecule has 0 atom stereocenters. The number of nitrogens with zero attached hydrogens (tertiary/aromatic N) is 1. The average molecular weight is 205 g/mol. The Morgan fingerprint density at radius 3 is 2.15 bits per heavy atom. The monoisotopic (exact) mass is 205 g/mol. The highest BCUT2D eigenvalue weighted by molar-refractivity contribution is 6.91. The molecule has 0 aliphatic heterocycles. The maximum absolute atomic E-state index is 10.8. The molecule has 0 fully saturated rings.